The number of anilines is 1. The summed E-state index contributed by atoms with van der Waals surface area (Å²) in [4.78, 5) is 28.9. The molecule has 2 atom stereocenters. The van der Waals surface area contributed by atoms with Crippen LogP contribution in [0.3, 0.4) is 0 Å². The maximum atomic E-state index is 14.1. The number of carbonyl (C=O) groups is 2. The molecule has 0 fully saturated rings. The number of nitrogens with zero attached hydrogens (tertiary/aromatic N) is 2. The molecule has 220 valence electrons. The maximum absolute atomic E-state index is 14.1. The van der Waals surface area contributed by atoms with E-state index in [-0.39, 0.29) is 29.1 Å². The lowest BCUT2D eigenvalue weighted by Gasteiger charge is -2.34. The van der Waals surface area contributed by atoms with E-state index >= 15 is 0 Å². The van der Waals surface area contributed by atoms with Crippen LogP contribution in [0.5, 0.6) is 0 Å². The normalized spacial score (nSPS) is 12.9. The van der Waals surface area contributed by atoms with Gasteiger partial charge in [0.25, 0.3) is 10.0 Å². The van der Waals surface area contributed by atoms with Crippen molar-refractivity contribution in [3.8, 4) is 0 Å². The minimum atomic E-state index is -4.20. The molecule has 41 heavy (non-hydrogen) atoms. The number of rotatable bonds is 12. The lowest BCUT2D eigenvalue weighted by molar-refractivity contribution is -0.140. The summed E-state index contributed by atoms with van der Waals surface area (Å²) in [5.74, 6) is -0.922. The quantitative estimate of drug-likeness (QED) is 0.235. The van der Waals surface area contributed by atoms with Crippen LogP contribution < -0.4 is 9.62 Å². The van der Waals surface area contributed by atoms with Crippen molar-refractivity contribution < 1.29 is 18.0 Å². The largest absolute Gasteiger partial charge is 0.352 e. The van der Waals surface area contributed by atoms with E-state index in [2.05, 4.69) is 5.32 Å². The lowest BCUT2D eigenvalue weighted by atomic mass is 10.1. The molecule has 0 aliphatic heterocycles. The third-order valence-corrected chi connectivity index (χ3v) is 9.34. The first-order valence-electron chi connectivity index (χ1n) is 13.3. The molecule has 7 nitrogen and oxygen atoms in total. The van der Waals surface area contributed by atoms with E-state index in [0.29, 0.717) is 33.5 Å². The number of halogens is 3. The van der Waals surface area contributed by atoms with Gasteiger partial charge in [0.05, 0.1) is 10.6 Å². The van der Waals surface area contributed by atoms with Gasteiger partial charge in [0.15, 0.2) is 0 Å². The van der Waals surface area contributed by atoms with Gasteiger partial charge in [-0.1, -0.05) is 78.5 Å². The number of hydrogen-bond acceptors (Lipinski definition) is 4. The fraction of sp³-hybridized carbons (Fsp3) is 0.333. The Morgan fingerprint density at radius 1 is 0.902 bits per heavy atom. The maximum Gasteiger partial charge on any atom is 0.264 e. The summed E-state index contributed by atoms with van der Waals surface area (Å²) in [5.41, 5.74) is 1.67. The Balaban J connectivity index is 2.08. The Morgan fingerprint density at radius 2 is 1.56 bits per heavy atom. The van der Waals surface area contributed by atoms with E-state index in [1.807, 2.05) is 20.8 Å². The summed E-state index contributed by atoms with van der Waals surface area (Å²) in [6.07, 6.45) is 0.998. The number of hydrogen-bond donors (Lipinski definition) is 1. The van der Waals surface area contributed by atoms with E-state index in [4.69, 9.17) is 34.8 Å². The van der Waals surface area contributed by atoms with Crippen LogP contribution in [0.25, 0.3) is 0 Å². The molecule has 0 spiro atoms. The first kappa shape index (κ1) is 32.7. The third kappa shape index (κ3) is 8.38. The van der Waals surface area contributed by atoms with Crippen LogP contribution in [0.1, 0.15) is 44.7 Å². The van der Waals surface area contributed by atoms with E-state index in [0.717, 1.165) is 9.87 Å². The molecular weight excluding hydrogens is 605 g/mol. The van der Waals surface area contributed by atoms with Crippen molar-refractivity contribution in [2.75, 3.05) is 10.8 Å². The Kier molecular flexibility index (Phi) is 11.5. The second kappa shape index (κ2) is 14.4. The van der Waals surface area contributed by atoms with E-state index in [1.54, 1.807) is 55.5 Å². The van der Waals surface area contributed by atoms with Crippen molar-refractivity contribution in [3.63, 3.8) is 0 Å². The number of carbonyl (C=O) groups excluding carboxylic acids is 2. The molecule has 0 saturated heterocycles. The first-order chi connectivity index (χ1) is 19.4. The molecule has 3 aromatic carbocycles. The predicted octanol–water partition coefficient (Wildman–Crippen LogP) is 6.87. The number of benzene rings is 3. The summed E-state index contributed by atoms with van der Waals surface area (Å²) in [5, 5.41) is 4.00. The summed E-state index contributed by atoms with van der Waals surface area (Å²) in [7, 11) is -4.20. The van der Waals surface area contributed by atoms with Gasteiger partial charge >= 0.3 is 0 Å². The van der Waals surface area contributed by atoms with E-state index < -0.39 is 28.5 Å². The van der Waals surface area contributed by atoms with Crippen LogP contribution in [0.2, 0.25) is 15.1 Å². The van der Waals surface area contributed by atoms with Crippen molar-refractivity contribution in [3.05, 3.63) is 92.9 Å². The molecule has 1 N–H and O–H groups in total. The average Bonchev–Trinajstić information content (AvgIpc) is 2.92. The fourth-order valence-corrected chi connectivity index (χ4v) is 6.25. The van der Waals surface area contributed by atoms with Gasteiger partial charge in [0, 0.05) is 27.7 Å². The number of aryl methyl sites for hydroxylation is 1. The highest BCUT2D eigenvalue weighted by Gasteiger charge is 2.34. The predicted molar refractivity (Wildman–Crippen MR) is 166 cm³/mol. The minimum absolute atomic E-state index is 0.0183. The van der Waals surface area contributed by atoms with Gasteiger partial charge in [-0.2, -0.15) is 0 Å². The zero-order valence-electron chi connectivity index (χ0n) is 23.4. The zero-order valence-corrected chi connectivity index (χ0v) is 26.5. The van der Waals surface area contributed by atoms with Crippen molar-refractivity contribution in [1.82, 2.24) is 10.2 Å². The Labute approximate surface area is 257 Å². The molecule has 0 bridgehead atoms. The molecule has 0 aliphatic carbocycles. The van der Waals surface area contributed by atoms with Crippen LogP contribution in [0, 0.1) is 6.92 Å². The SMILES string of the molecule is CC[C@H](C)NC(=O)[C@H](CC)N(Cc1ccc(Cl)cc1Cl)C(=O)CN(c1cccc(Cl)c1)S(=O)(=O)c1ccc(C)cc1. The van der Waals surface area contributed by atoms with Crippen LogP contribution in [-0.4, -0.2) is 43.8 Å². The minimum Gasteiger partial charge on any atom is -0.352 e. The second-order valence-electron chi connectivity index (χ2n) is 9.80. The van der Waals surface area contributed by atoms with Gasteiger partial charge in [0.2, 0.25) is 11.8 Å². The molecule has 0 unspecified atom stereocenters. The molecule has 11 heteroatoms. The molecular formula is C30H34Cl3N3O4S. The molecule has 2 amide bonds. The summed E-state index contributed by atoms with van der Waals surface area (Å²) in [6.45, 7) is 6.86. The number of amides is 2. The summed E-state index contributed by atoms with van der Waals surface area (Å²) < 4.78 is 28.9. The Bertz CT molecular complexity index is 1480. The van der Waals surface area contributed by atoms with Gasteiger partial charge < -0.3 is 10.2 Å². The number of nitrogens with one attached hydrogen (secondary N) is 1. The molecule has 3 aromatic rings. The monoisotopic (exact) mass is 637 g/mol. The smallest absolute Gasteiger partial charge is 0.264 e. The van der Waals surface area contributed by atoms with Crippen molar-refractivity contribution in [1.29, 1.82) is 0 Å². The van der Waals surface area contributed by atoms with Gasteiger partial charge in [-0.15, -0.1) is 0 Å². The molecule has 0 aromatic heterocycles. The highest BCUT2D eigenvalue weighted by atomic mass is 35.5. The topological polar surface area (TPSA) is 86.8 Å². The van der Waals surface area contributed by atoms with Gasteiger partial charge in [-0.05, 0) is 74.7 Å². The Morgan fingerprint density at radius 3 is 2.15 bits per heavy atom. The van der Waals surface area contributed by atoms with Crippen molar-refractivity contribution in [2.45, 2.75) is 64.1 Å². The number of sulfonamides is 1. The molecule has 0 aliphatic rings. The van der Waals surface area contributed by atoms with Gasteiger partial charge in [-0.3, -0.25) is 13.9 Å². The van der Waals surface area contributed by atoms with Crippen molar-refractivity contribution >= 4 is 62.3 Å². The van der Waals surface area contributed by atoms with Crippen LogP contribution >= 0.6 is 34.8 Å². The second-order valence-corrected chi connectivity index (χ2v) is 12.9. The highest BCUT2D eigenvalue weighted by molar-refractivity contribution is 7.92. The van der Waals surface area contributed by atoms with Crippen molar-refractivity contribution in [2.24, 2.45) is 0 Å². The van der Waals surface area contributed by atoms with E-state index in [1.165, 1.54) is 23.1 Å². The molecule has 0 heterocycles. The highest BCUT2D eigenvalue weighted by Crippen LogP contribution is 2.28. The van der Waals surface area contributed by atoms with Crippen LogP contribution in [-0.2, 0) is 26.2 Å². The summed E-state index contributed by atoms with van der Waals surface area (Å²) in [6, 6.07) is 16.5. The van der Waals surface area contributed by atoms with Crippen LogP contribution in [0.4, 0.5) is 5.69 Å². The summed E-state index contributed by atoms with van der Waals surface area (Å²) >= 11 is 18.8. The van der Waals surface area contributed by atoms with E-state index in [9.17, 15) is 18.0 Å². The molecule has 3 rings (SSSR count). The fourth-order valence-electron chi connectivity index (χ4n) is 4.19. The van der Waals surface area contributed by atoms with Gasteiger partial charge in [0.1, 0.15) is 12.6 Å². The lowest BCUT2D eigenvalue weighted by Crippen LogP contribution is -2.53. The zero-order chi connectivity index (χ0) is 30.3. The molecule has 0 saturated carbocycles. The standard InChI is InChI=1S/C30H34Cl3N3O4S/c1-5-21(4)34-30(38)28(6-2)35(18-22-12-13-24(32)17-27(22)33)29(37)19-36(25-9-7-8-23(31)16-25)41(39,40)26-14-10-20(3)11-15-26/h7-17,21,28H,5-6,18-19H2,1-4H3,(H,34,38)/t21-,28-/m0/s1. The average molecular weight is 639 g/mol. The third-order valence-electron chi connectivity index (χ3n) is 6.73. The Hall–Kier alpha value is -2.78. The molecule has 0 radical (unpaired) electrons. The van der Waals surface area contributed by atoms with Crippen LogP contribution in [0.15, 0.2) is 71.6 Å². The van der Waals surface area contributed by atoms with Gasteiger partial charge in [-0.25, -0.2) is 8.42 Å². The first-order valence-corrected chi connectivity index (χ1v) is 15.8.